The third-order valence-electron chi connectivity index (χ3n) is 2.14. The molecule has 0 saturated heterocycles. The standard InChI is InChI=1S/C13H14N2O5/c1-19-12(17)10(7-11(14)16)15-13(18)20-8-9-5-3-2-4-6-9/h2-7H,8H2,1H3,(H2,14,16)(H,15,18)/b10-7-. The predicted molar refractivity (Wildman–Crippen MR) is 69.1 cm³/mol. The molecule has 0 fully saturated rings. The van der Waals surface area contributed by atoms with E-state index >= 15 is 0 Å². The van der Waals surface area contributed by atoms with Gasteiger partial charge in [0.2, 0.25) is 5.91 Å². The molecule has 0 saturated carbocycles. The zero-order valence-electron chi connectivity index (χ0n) is 10.8. The minimum Gasteiger partial charge on any atom is -0.464 e. The Hall–Kier alpha value is -2.83. The van der Waals surface area contributed by atoms with Gasteiger partial charge in [-0.05, 0) is 5.56 Å². The van der Waals surface area contributed by atoms with Crippen molar-refractivity contribution in [2.24, 2.45) is 5.73 Å². The largest absolute Gasteiger partial charge is 0.464 e. The lowest BCUT2D eigenvalue weighted by atomic mass is 10.2. The molecule has 1 aromatic carbocycles. The molecule has 0 heterocycles. The van der Waals surface area contributed by atoms with Crippen LogP contribution in [-0.2, 0) is 25.7 Å². The van der Waals surface area contributed by atoms with Crippen molar-refractivity contribution in [1.29, 1.82) is 0 Å². The van der Waals surface area contributed by atoms with Crippen LogP contribution >= 0.6 is 0 Å². The summed E-state index contributed by atoms with van der Waals surface area (Å²) in [6.45, 7) is 0.0255. The summed E-state index contributed by atoms with van der Waals surface area (Å²) in [4.78, 5) is 33.5. The van der Waals surface area contributed by atoms with E-state index in [-0.39, 0.29) is 6.61 Å². The molecular formula is C13H14N2O5. The number of rotatable bonds is 5. The number of amides is 2. The van der Waals surface area contributed by atoms with Crippen molar-refractivity contribution in [3.05, 3.63) is 47.7 Å². The number of hydrogen-bond acceptors (Lipinski definition) is 5. The lowest BCUT2D eigenvalue weighted by Crippen LogP contribution is -2.30. The Balaban J connectivity index is 2.59. The van der Waals surface area contributed by atoms with Crippen LogP contribution in [-0.4, -0.2) is 25.1 Å². The van der Waals surface area contributed by atoms with Gasteiger partial charge in [-0.3, -0.25) is 10.1 Å². The molecule has 0 unspecified atom stereocenters. The average molecular weight is 278 g/mol. The van der Waals surface area contributed by atoms with E-state index in [1.54, 1.807) is 24.3 Å². The van der Waals surface area contributed by atoms with Crippen LogP contribution in [0.1, 0.15) is 5.56 Å². The fraction of sp³-hybridized carbons (Fsp3) is 0.154. The first kappa shape index (κ1) is 15.2. The number of esters is 1. The van der Waals surface area contributed by atoms with E-state index in [2.05, 4.69) is 10.1 Å². The molecule has 20 heavy (non-hydrogen) atoms. The van der Waals surface area contributed by atoms with Crippen molar-refractivity contribution in [2.45, 2.75) is 6.61 Å². The highest BCUT2D eigenvalue weighted by Crippen LogP contribution is 2.01. The minimum absolute atomic E-state index is 0.0255. The molecule has 7 heteroatoms. The molecule has 106 valence electrons. The Morgan fingerprint density at radius 2 is 1.90 bits per heavy atom. The lowest BCUT2D eigenvalue weighted by molar-refractivity contribution is -0.136. The van der Waals surface area contributed by atoms with E-state index in [0.29, 0.717) is 0 Å². The summed E-state index contributed by atoms with van der Waals surface area (Å²) in [5, 5.41) is 2.09. The normalized spacial score (nSPS) is 10.6. The van der Waals surface area contributed by atoms with Crippen LogP contribution in [0.2, 0.25) is 0 Å². The van der Waals surface area contributed by atoms with Crippen molar-refractivity contribution in [1.82, 2.24) is 5.32 Å². The van der Waals surface area contributed by atoms with Gasteiger partial charge >= 0.3 is 12.1 Å². The highest BCUT2D eigenvalue weighted by Gasteiger charge is 2.15. The number of ether oxygens (including phenoxy) is 2. The van der Waals surface area contributed by atoms with Crippen molar-refractivity contribution in [3.63, 3.8) is 0 Å². The Labute approximate surface area is 115 Å². The smallest absolute Gasteiger partial charge is 0.412 e. The zero-order valence-corrected chi connectivity index (χ0v) is 10.8. The van der Waals surface area contributed by atoms with Crippen molar-refractivity contribution in [2.75, 3.05) is 7.11 Å². The molecule has 1 aromatic rings. The van der Waals surface area contributed by atoms with Gasteiger partial charge < -0.3 is 15.2 Å². The number of primary amides is 1. The molecule has 3 N–H and O–H groups in total. The van der Waals surface area contributed by atoms with Crippen molar-refractivity contribution in [3.8, 4) is 0 Å². The summed E-state index contributed by atoms with van der Waals surface area (Å²) in [5.74, 6) is -1.80. The Kier molecular flexibility index (Phi) is 5.76. The number of methoxy groups -OCH3 is 1. The van der Waals surface area contributed by atoms with E-state index in [4.69, 9.17) is 10.5 Å². The summed E-state index contributed by atoms with van der Waals surface area (Å²) >= 11 is 0. The first-order valence-corrected chi connectivity index (χ1v) is 5.60. The van der Waals surface area contributed by atoms with E-state index in [1.165, 1.54) is 0 Å². The van der Waals surface area contributed by atoms with Crippen LogP contribution in [0.15, 0.2) is 42.1 Å². The van der Waals surface area contributed by atoms with Gasteiger partial charge in [-0.15, -0.1) is 0 Å². The van der Waals surface area contributed by atoms with Crippen LogP contribution in [0.4, 0.5) is 4.79 Å². The number of alkyl carbamates (subject to hydrolysis) is 1. The number of carbonyl (C=O) groups is 3. The fourth-order valence-corrected chi connectivity index (χ4v) is 1.27. The maximum atomic E-state index is 11.5. The SMILES string of the molecule is COC(=O)/C(=C/C(N)=O)NC(=O)OCc1ccccc1. The van der Waals surface area contributed by atoms with Gasteiger partial charge in [-0.25, -0.2) is 9.59 Å². The van der Waals surface area contributed by atoms with E-state index in [9.17, 15) is 14.4 Å². The first-order valence-electron chi connectivity index (χ1n) is 5.60. The molecule has 0 bridgehead atoms. The summed E-state index contributed by atoms with van der Waals surface area (Å²) in [6.07, 6.45) is -0.151. The van der Waals surface area contributed by atoms with Crippen molar-refractivity contribution < 1.29 is 23.9 Å². The molecule has 0 aliphatic carbocycles. The monoisotopic (exact) mass is 278 g/mol. The number of hydrogen-bond donors (Lipinski definition) is 2. The molecular weight excluding hydrogens is 264 g/mol. The van der Waals surface area contributed by atoms with Gasteiger partial charge in [-0.2, -0.15) is 0 Å². The lowest BCUT2D eigenvalue weighted by Gasteiger charge is -2.08. The summed E-state index contributed by atoms with van der Waals surface area (Å²) in [7, 11) is 1.11. The topological polar surface area (TPSA) is 108 Å². The second-order valence-corrected chi connectivity index (χ2v) is 3.64. The first-order chi connectivity index (χ1) is 9.52. The third kappa shape index (κ3) is 5.21. The Morgan fingerprint density at radius 1 is 1.25 bits per heavy atom. The Bertz CT molecular complexity index is 525. The minimum atomic E-state index is -0.902. The number of nitrogens with two attached hydrogens (primary N) is 1. The summed E-state index contributed by atoms with van der Waals surface area (Å²) in [6, 6.07) is 8.96. The van der Waals surface area contributed by atoms with Crippen LogP contribution in [0.25, 0.3) is 0 Å². The van der Waals surface area contributed by atoms with Gasteiger partial charge in [0, 0.05) is 6.08 Å². The zero-order chi connectivity index (χ0) is 15.0. The number of nitrogens with one attached hydrogen (secondary N) is 1. The van der Waals surface area contributed by atoms with E-state index in [1.807, 2.05) is 6.07 Å². The molecule has 0 aromatic heterocycles. The van der Waals surface area contributed by atoms with Crippen LogP contribution in [0.3, 0.4) is 0 Å². The van der Waals surface area contributed by atoms with Gasteiger partial charge in [0.1, 0.15) is 12.3 Å². The van der Waals surface area contributed by atoms with Crippen molar-refractivity contribution >= 4 is 18.0 Å². The maximum absolute atomic E-state index is 11.5. The summed E-state index contributed by atoms with van der Waals surface area (Å²) < 4.78 is 9.28. The highest BCUT2D eigenvalue weighted by atomic mass is 16.6. The molecule has 7 nitrogen and oxygen atoms in total. The van der Waals surface area contributed by atoms with Gasteiger partial charge in [0.05, 0.1) is 7.11 Å². The third-order valence-corrected chi connectivity index (χ3v) is 2.14. The molecule has 1 rings (SSSR count). The molecule has 0 atom stereocenters. The quantitative estimate of drug-likeness (QED) is 0.600. The van der Waals surface area contributed by atoms with E-state index in [0.717, 1.165) is 18.7 Å². The van der Waals surface area contributed by atoms with Crippen LogP contribution in [0, 0.1) is 0 Å². The molecule has 2 amide bonds. The average Bonchev–Trinajstić information content (AvgIpc) is 2.44. The predicted octanol–water partition coefficient (Wildman–Crippen LogP) is 0.455. The van der Waals surface area contributed by atoms with Gasteiger partial charge in [-0.1, -0.05) is 30.3 Å². The number of carbonyl (C=O) groups excluding carboxylic acids is 3. The van der Waals surface area contributed by atoms with Gasteiger partial charge in [0.25, 0.3) is 0 Å². The molecule has 0 radical (unpaired) electrons. The highest BCUT2D eigenvalue weighted by molar-refractivity contribution is 5.99. The molecule has 0 aliphatic heterocycles. The van der Waals surface area contributed by atoms with Gasteiger partial charge in [0.15, 0.2) is 0 Å². The molecule has 0 aliphatic rings. The Morgan fingerprint density at radius 3 is 2.45 bits per heavy atom. The molecule has 0 spiro atoms. The van der Waals surface area contributed by atoms with Crippen LogP contribution < -0.4 is 11.1 Å². The maximum Gasteiger partial charge on any atom is 0.412 e. The number of benzene rings is 1. The van der Waals surface area contributed by atoms with E-state index < -0.39 is 23.7 Å². The second-order valence-electron chi connectivity index (χ2n) is 3.64. The fourth-order valence-electron chi connectivity index (χ4n) is 1.27. The van der Waals surface area contributed by atoms with Crippen LogP contribution in [0.5, 0.6) is 0 Å². The summed E-state index contributed by atoms with van der Waals surface area (Å²) in [5.41, 5.74) is 5.30. The second kappa shape index (κ2) is 7.57.